The highest BCUT2D eigenvalue weighted by Crippen LogP contribution is 2.36. The summed E-state index contributed by atoms with van der Waals surface area (Å²) in [7, 11) is 0. The SMILES string of the molecule is CC(C)(C)N1CCC(c2cn(N)c3ccc(C(=O)c4cccs4)cc23)CC1. The first-order valence-corrected chi connectivity index (χ1v) is 10.5. The Balaban J connectivity index is 1.66. The topological polar surface area (TPSA) is 51.3 Å². The van der Waals surface area contributed by atoms with Crippen LogP contribution in [0.5, 0.6) is 0 Å². The molecule has 0 saturated carbocycles. The zero-order valence-electron chi connectivity index (χ0n) is 16.2. The van der Waals surface area contributed by atoms with Crippen LogP contribution in [0.4, 0.5) is 0 Å². The summed E-state index contributed by atoms with van der Waals surface area (Å²) < 4.78 is 1.71. The van der Waals surface area contributed by atoms with Crippen LogP contribution in [0, 0.1) is 0 Å². The van der Waals surface area contributed by atoms with E-state index in [9.17, 15) is 4.79 Å². The zero-order valence-corrected chi connectivity index (χ0v) is 17.1. The highest BCUT2D eigenvalue weighted by atomic mass is 32.1. The monoisotopic (exact) mass is 381 g/mol. The number of hydrogen-bond donors (Lipinski definition) is 1. The van der Waals surface area contributed by atoms with Gasteiger partial charge in [0.25, 0.3) is 0 Å². The number of fused-ring (bicyclic) bond motifs is 1. The molecule has 3 aromatic rings. The molecule has 5 heteroatoms. The molecule has 0 bridgehead atoms. The summed E-state index contributed by atoms with van der Waals surface area (Å²) in [6, 6.07) is 9.70. The molecule has 4 nitrogen and oxygen atoms in total. The van der Waals surface area contributed by atoms with E-state index in [1.54, 1.807) is 4.68 Å². The van der Waals surface area contributed by atoms with Gasteiger partial charge >= 0.3 is 0 Å². The molecular weight excluding hydrogens is 354 g/mol. The molecule has 142 valence electrons. The van der Waals surface area contributed by atoms with E-state index in [0.29, 0.717) is 5.92 Å². The number of rotatable bonds is 3. The maximum atomic E-state index is 12.8. The van der Waals surface area contributed by atoms with Gasteiger partial charge in [-0.15, -0.1) is 11.3 Å². The number of nitrogens with zero attached hydrogens (tertiary/aromatic N) is 2. The number of carbonyl (C=O) groups is 1. The number of nitrogens with two attached hydrogens (primary N) is 1. The predicted molar refractivity (Wildman–Crippen MR) is 113 cm³/mol. The van der Waals surface area contributed by atoms with Gasteiger partial charge in [-0.2, -0.15) is 0 Å². The van der Waals surface area contributed by atoms with E-state index in [1.165, 1.54) is 16.9 Å². The van der Waals surface area contributed by atoms with E-state index in [0.717, 1.165) is 47.3 Å². The van der Waals surface area contributed by atoms with Crippen LogP contribution in [-0.2, 0) is 0 Å². The van der Waals surface area contributed by atoms with Crippen LogP contribution >= 0.6 is 11.3 Å². The molecule has 0 spiro atoms. The fourth-order valence-corrected chi connectivity index (χ4v) is 4.85. The van der Waals surface area contributed by atoms with Crippen molar-refractivity contribution in [1.82, 2.24) is 9.58 Å². The minimum absolute atomic E-state index is 0.0881. The highest BCUT2D eigenvalue weighted by Gasteiger charge is 2.29. The number of piperidine rings is 1. The molecule has 0 amide bonds. The number of ketones is 1. The quantitative estimate of drug-likeness (QED) is 0.532. The van der Waals surface area contributed by atoms with Crippen molar-refractivity contribution in [3.63, 3.8) is 0 Å². The molecule has 4 rings (SSSR count). The van der Waals surface area contributed by atoms with Crippen molar-refractivity contribution >= 4 is 28.0 Å². The lowest BCUT2D eigenvalue weighted by Gasteiger charge is -2.40. The van der Waals surface area contributed by atoms with Crippen LogP contribution in [0.25, 0.3) is 10.9 Å². The van der Waals surface area contributed by atoms with Crippen LogP contribution in [0.1, 0.15) is 60.3 Å². The molecule has 27 heavy (non-hydrogen) atoms. The van der Waals surface area contributed by atoms with Crippen LogP contribution in [0.3, 0.4) is 0 Å². The fraction of sp³-hybridized carbons (Fsp3) is 0.409. The number of aromatic nitrogens is 1. The minimum atomic E-state index is 0.0881. The average molecular weight is 382 g/mol. The third kappa shape index (κ3) is 3.42. The molecule has 0 unspecified atom stereocenters. The Kier molecular flexibility index (Phi) is 4.60. The Hall–Kier alpha value is -2.11. The van der Waals surface area contributed by atoms with Gasteiger partial charge < -0.3 is 5.84 Å². The number of benzene rings is 1. The van der Waals surface area contributed by atoms with Gasteiger partial charge in [-0.3, -0.25) is 14.4 Å². The summed E-state index contributed by atoms with van der Waals surface area (Å²) in [5, 5.41) is 3.06. The standard InChI is InChI=1S/C22H27N3OS/c1-22(2,3)24-10-8-15(9-11-24)18-14-25(23)19-7-6-16(13-17(18)19)21(26)20-5-4-12-27-20/h4-7,12-15H,8-11,23H2,1-3H3. The second kappa shape index (κ2) is 6.80. The summed E-state index contributed by atoms with van der Waals surface area (Å²) in [5.41, 5.74) is 3.23. The van der Waals surface area contributed by atoms with Gasteiger partial charge in [0, 0.05) is 22.7 Å². The fourth-order valence-electron chi connectivity index (χ4n) is 4.16. The Bertz CT molecular complexity index is 958. The van der Waals surface area contributed by atoms with E-state index in [2.05, 4.69) is 31.9 Å². The first-order chi connectivity index (χ1) is 12.8. The number of nitrogen functional groups attached to an aromatic ring is 1. The van der Waals surface area contributed by atoms with E-state index < -0.39 is 0 Å². The van der Waals surface area contributed by atoms with Gasteiger partial charge in [0.15, 0.2) is 0 Å². The average Bonchev–Trinajstić information content (AvgIpc) is 3.29. The van der Waals surface area contributed by atoms with Gasteiger partial charge in [0.2, 0.25) is 5.78 Å². The summed E-state index contributed by atoms with van der Waals surface area (Å²) in [6.07, 6.45) is 4.31. The molecule has 0 radical (unpaired) electrons. The lowest BCUT2D eigenvalue weighted by atomic mass is 9.87. The van der Waals surface area contributed by atoms with Crippen LogP contribution in [-0.4, -0.2) is 34.0 Å². The predicted octanol–water partition coefficient (Wildman–Crippen LogP) is 4.63. The van der Waals surface area contributed by atoms with Crippen LogP contribution < -0.4 is 5.84 Å². The van der Waals surface area contributed by atoms with Crippen molar-refractivity contribution in [2.24, 2.45) is 0 Å². The molecule has 1 saturated heterocycles. The molecule has 0 atom stereocenters. The number of likely N-dealkylation sites (tertiary alicyclic amines) is 1. The lowest BCUT2D eigenvalue weighted by molar-refractivity contribution is 0.102. The van der Waals surface area contributed by atoms with Crippen molar-refractivity contribution in [2.75, 3.05) is 18.9 Å². The van der Waals surface area contributed by atoms with Gasteiger partial charge in [-0.25, -0.2) is 0 Å². The zero-order chi connectivity index (χ0) is 19.2. The van der Waals surface area contributed by atoms with Crippen molar-refractivity contribution in [2.45, 2.75) is 45.1 Å². The molecule has 1 aromatic carbocycles. The molecule has 1 fully saturated rings. The second-order valence-electron chi connectivity index (χ2n) is 8.46. The van der Waals surface area contributed by atoms with Gasteiger partial charge in [-0.05, 0) is 87.8 Å². The minimum Gasteiger partial charge on any atom is -0.339 e. The maximum Gasteiger partial charge on any atom is 0.202 e. The molecule has 2 aromatic heterocycles. The molecule has 1 aliphatic rings. The third-order valence-electron chi connectivity index (χ3n) is 5.75. The summed E-state index contributed by atoms with van der Waals surface area (Å²) in [6.45, 7) is 9.03. The van der Waals surface area contributed by atoms with Crippen LogP contribution in [0.2, 0.25) is 0 Å². The number of carbonyl (C=O) groups excluding carboxylic acids is 1. The molecule has 0 aliphatic carbocycles. The summed E-state index contributed by atoms with van der Waals surface area (Å²) >= 11 is 1.49. The first-order valence-electron chi connectivity index (χ1n) is 9.58. The van der Waals surface area contributed by atoms with E-state index in [1.807, 2.05) is 35.7 Å². The van der Waals surface area contributed by atoms with E-state index in [4.69, 9.17) is 5.84 Å². The molecule has 1 aliphatic heterocycles. The Morgan fingerprint density at radius 3 is 2.56 bits per heavy atom. The smallest absolute Gasteiger partial charge is 0.202 e. The van der Waals surface area contributed by atoms with Crippen LogP contribution in [0.15, 0.2) is 41.9 Å². The lowest BCUT2D eigenvalue weighted by Crippen LogP contribution is -2.45. The van der Waals surface area contributed by atoms with Gasteiger partial charge in [0.1, 0.15) is 0 Å². The van der Waals surface area contributed by atoms with E-state index >= 15 is 0 Å². The number of thiophene rings is 1. The normalized spacial score (nSPS) is 16.9. The Labute approximate surface area is 164 Å². The van der Waals surface area contributed by atoms with Crippen molar-refractivity contribution in [1.29, 1.82) is 0 Å². The van der Waals surface area contributed by atoms with Crippen molar-refractivity contribution in [3.05, 3.63) is 57.9 Å². The number of hydrogen-bond acceptors (Lipinski definition) is 4. The Morgan fingerprint density at radius 1 is 1.19 bits per heavy atom. The third-order valence-corrected chi connectivity index (χ3v) is 6.62. The first kappa shape index (κ1) is 18.3. The molecule has 2 N–H and O–H groups in total. The molecule has 3 heterocycles. The summed E-state index contributed by atoms with van der Waals surface area (Å²) in [4.78, 5) is 16.1. The second-order valence-corrected chi connectivity index (χ2v) is 9.41. The van der Waals surface area contributed by atoms with Gasteiger partial charge in [0.05, 0.1) is 10.4 Å². The Morgan fingerprint density at radius 2 is 1.93 bits per heavy atom. The molecular formula is C22H27N3OS. The van der Waals surface area contributed by atoms with Crippen molar-refractivity contribution < 1.29 is 4.79 Å². The van der Waals surface area contributed by atoms with E-state index in [-0.39, 0.29) is 11.3 Å². The van der Waals surface area contributed by atoms with Crippen molar-refractivity contribution in [3.8, 4) is 0 Å². The largest absolute Gasteiger partial charge is 0.339 e. The maximum absolute atomic E-state index is 12.8. The van der Waals surface area contributed by atoms with Gasteiger partial charge in [-0.1, -0.05) is 6.07 Å². The highest BCUT2D eigenvalue weighted by molar-refractivity contribution is 7.12. The summed E-state index contributed by atoms with van der Waals surface area (Å²) in [5.74, 6) is 6.80.